The fourth-order valence-electron chi connectivity index (χ4n) is 2.44. The molecule has 24 heavy (non-hydrogen) atoms. The Labute approximate surface area is 136 Å². The van der Waals surface area contributed by atoms with Gasteiger partial charge in [-0.3, -0.25) is 4.79 Å². The van der Waals surface area contributed by atoms with Gasteiger partial charge in [-0.15, -0.1) is 0 Å². The summed E-state index contributed by atoms with van der Waals surface area (Å²) in [6.45, 7) is -0.902. The van der Waals surface area contributed by atoms with Crippen molar-refractivity contribution in [1.29, 1.82) is 0 Å². The summed E-state index contributed by atoms with van der Waals surface area (Å²) in [4.78, 5) is 22.2. The number of hydrogen-bond acceptors (Lipinski definition) is 5. The van der Waals surface area contributed by atoms with Crippen LogP contribution >= 0.6 is 0 Å². The number of carboxylic acids is 1. The highest BCUT2D eigenvalue weighted by Crippen LogP contribution is 2.36. The van der Waals surface area contributed by atoms with E-state index < -0.39 is 18.5 Å². The molecule has 2 N–H and O–H groups in total. The summed E-state index contributed by atoms with van der Waals surface area (Å²) in [6.07, 6.45) is 0. The monoisotopic (exact) mass is 329 g/mol. The van der Waals surface area contributed by atoms with Gasteiger partial charge in [0.15, 0.2) is 0 Å². The smallest absolute Gasteiger partial charge is 0.329 e. The van der Waals surface area contributed by atoms with E-state index in [-0.39, 0.29) is 6.61 Å². The first kappa shape index (κ1) is 15.8. The van der Waals surface area contributed by atoms with E-state index in [9.17, 15) is 9.59 Å². The quantitative estimate of drug-likeness (QED) is 0.721. The van der Waals surface area contributed by atoms with Crippen LogP contribution in [0.3, 0.4) is 0 Å². The Balaban J connectivity index is 1.88. The number of carbonyl (C=O) groups is 2. The van der Waals surface area contributed by atoms with E-state index in [4.69, 9.17) is 19.0 Å². The molecule has 1 heterocycles. The predicted octanol–water partition coefficient (Wildman–Crippen LogP) is 2.63. The summed E-state index contributed by atoms with van der Waals surface area (Å²) in [7, 11) is 1.50. The number of nitrogens with one attached hydrogen (secondary N) is 1. The Morgan fingerprint density at radius 3 is 2.67 bits per heavy atom. The third-order valence-electron chi connectivity index (χ3n) is 3.43. The van der Waals surface area contributed by atoms with Crippen LogP contribution in [0.4, 0.5) is 5.69 Å². The van der Waals surface area contributed by atoms with Crippen molar-refractivity contribution in [2.24, 2.45) is 0 Å². The molecule has 7 heteroatoms. The van der Waals surface area contributed by atoms with Crippen LogP contribution in [-0.4, -0.2) is 37.3 Å². The van der Waals surface area contributed by atoms with Crippen molar-refractivity contribution in [2.75, 3.05) is 25.6 Å². The molecule has 2 aromatic carbocycles. The molecule has 7 nitrogen and oxygen atoms in total. The van der Waals surface area contributed by atoms with Gasteiger partial charge in [-0.1, -0.05) is 18.2 Å². The number of rotatable bonds is 6. The van der Waals surface area contributed by atoms with Gasteiger partial charge in [0.1, 0.15) is 30.1 Å². The largest absolute Gasteiger partial charge is 0.495 e. The molecule has 0 radical (unpaired) electrons. The van der Waals surface area contributed by atoms with Crippen LogP contribution in [-0.2, 0) is 14.3 Å². The first-order chi connectivity index (χ1) is 11.6. The Morgan fingerprint density at radius 2 is 1.92 bits per heavy atom. The first-order valence-corrected chi connectivity index (χ1v) is 7.17. The summed E-state index contributed by atoms with van der Waals surface area (Å²) in [6, 6.07) is 11.1. The molecule has 1 amide bonds. The molecule has 0 saturated carbocycles. The molecule has 1 aromatic heterocycles. The van der Waals surface area contributed by atoms with Crippen LogP contribution in [0.15, 0.2) is 40.8 Å². The van der Waals surface area contributed by atoms with E-state index in [0.29, 0.717) is 17.0 Å². The summed E-state index contributed by atoms with van der Waals surface area (Å²) in [5.74, 6) is -1.14. The number of para-hydroxylation sites is 1. The van der Waals surface area contributed by atoms with Crippen LogP contribution in [0.25, 0.3) is 21.9 Å². The zero-order valence-corrected chi connectivity index (χ0v) is 12.9. The molecule has 0 saturated heterocycles. The third-order valence-corrected chi connectivity index (χ3v) is 3.43. The predicted molar refractivity (Wildman–Crippen MR) is 87.4 cm³/mol. The van der Waals surface area contributed by atoms with E-state index >= 15 is 0 Å². The lowest BCUT2D eigenvalue weighted by molar-refractivity contribution is -0.143. The summed E-state index contributed by atoms with van der Waals surface area (Å²) in [5, 5.41) is 13.0. The minimum atomic E-state index is -1.14. The van der Waals surface area contributed by atoms with E-state index in [1.807, 2.05) is 24.3 Å². The van der Waals surface area contributed by atoms with Gasteiger partial charge in [-0.05, 0) is 12.1 Å². The van der Waals surface area contributed by atoms with E-state index in [1.54, 1.807) is 12.1 Å². The lowest BCUT2D eigenvalue weighted by atomic mass is 10.1. The Bertz CT molecular complexity index is 914. The Hall–Kier alpha value is -3.06. The molecular formula is C17H15NO6. The summed E-state index contributed by atoms with van der Waals surface area (Å²) in [5.41, 5.74) is 1.77. The standard InChI is InChI=1S/C17H15NO6/c1-22-15-6-11-10-4-2-3-5-13(10)24-14(11)7-12(15)18-16(19)8-23-9-17(20)21/h2-7H,8-9H2,1H3,(H,18,19)(H,20,21). The molecule has 0 aliphatic carbocycles. The second-order valence-electron chi connectivity index (χ2n) is 5.08. The second kappa shape index (κ2) is 6.59. The van der Waals surface area contributed by atoms with Crippen molar-refractivity contribution in [3.63, 3.8) is 0 Å². The van der Waals surface area contributed by atoms with E-state index in [1.165, 1.54) is 7.11 Å². The molecule has 0 unspecified atom stereocenters. The fourth-order valence-corrected chi connectivity index (χ4v) is 2.44. The third kappa shape index (κ3) is 3.16. The number of hydrogen-bond donors (Lipinski definition) is 2. The summed E-state index contributed by atoms with van der Waals surface area (Å²) >= 11 is 0. The molecule has 0 fully saturated rings. The second-order valence-corrected chi connectivity index (χ2v) is 5.08. The van der Waals surface area contributed by atoms with Crippen molar-refractivity contribution >= 4 is 39.5 Å². The maximum absolute atomic E-state index is 11.9. The molecule has 0 atom stereocenters. The highest BCUT2D eigenvalue weighted by molar-refractivity contribution is 6.07. The highest BCUT2D eigenvalue weighted by atomic mass is 16.5. The number of carbonyl (C=O) groups excluding carboxylic acids is 1. The number of methoxy groups -OCH3 is 1. The van der Waals surface area contributed by atoms with Gasteiger partial charge in [-0.25, -0.2) is 4.79 Å². The van der Waals surface area contributed by atoms with Crippen molar-refractivity contribution in [3.05, 3.63) is 36.4 Å². The number of amides is 1. The van der Waals surface area contributed by atoms with E-state index in [0.717, 1.165) is 16.4 Å². The molecule has 124 valence electrons. The molecular weight excluding hydrogens is 314 g/mol. The normalized spacial score (nSPS) is 10.9. The van der Waals surface area contributed by atoms with Crippen LogP contribution in [0.5, 0.6) is 5.75 Å². The van der Waals surface area contributed by atoms with Crippen LogP contribution in [0, 0.1) is 0 Å². The minimum Gasteiger partial charge on any atom is -0.495 e. The van der Waals surface area contributed by atoms with Crippen LogP contribution in [0.1, 0.15) is 0 Å². The van der Waals surface area contributed by atoms with Crippen molar-refractivity contribution in [1.82, 2.24) is 0 Å². The van der Waals surface area contributed by atoms with Crippen LogP contribution < -0.4 is 10.1 Å². The Kier molecular flexibility index (Phi) is 4.35. The minimum absolute atomic E-state index is 0.367. The number of aliphatic carboxylic acids is 1. The van der Waals surface area contributed by atoms with Crippen molar-refractivity contribution in [3.8, 4) is 5.75 Å². The lowest BCUT2D eigenvalue weighted by Crippen LogP contribution is -2.21. The number of ether oxygens (including phenoxy) is 2. The van der Waals surface area contributed by atoms with Crippen molar-refractivity contribution < 1.29 is 28.6 Å². The Morgan fingerprint density at radius 1 is 1.12 bits per heavy atom. The van der Waals surface area contributed by atoms with Gasteiger partial charge in [0.05, 0.1) is 12.8 Å². The van der Waals surface area contributed by atoms with Crippen LogP contribution in [0.2, 0.25) is 0 Å². The fraction of sp³-hybridized carbons (Fsp3) is 0.176. The maximum atomic E-state index is 11.9. The molecule has 0 bridgehead atoms. The molecule has 3 aromatic rings. The van der Waals surface area contributed by atoms with Gasteiger partial charge in [-0.2, -0.15) is 0 Å². The maximum Gasteiger partial charge on any atom is 0.329 e. The van der Waals surface area contributed by atoms with Crippen molar-refractivity contribution in [2.45, 2.75) is 0 Å². The highest BCUT2D eigenvalue weighted by Gasteiger charge is 2.14. The SMILES string of the molecule is COc1cc2c(cc1NC(=O)COCC(=O)O)oc1ccccc12. The molecule has 3 rings (SSSR count). The average molecular weight is 329 g/mol. The molecule has 0 aliphatic heterocycles. The molecule has 0 spiro atoms. The topological polar surface area (TPSA) is 98.0 Å². The zero-order chi connectivity index (χ0) is 17.1. The summed E-state index contributed by atoms with van der Waals surface area (Å²) < 4.78 is 15.9. The number of carboxylic acid groups (broad SMARTS) is 1. The average Bonchev–Trinajstić information content (AvgIpc) is 2.91. The first-order valence-electron chi connectivity index (χ1n) is 7.17. The number of furan rings is 1. The van der Waals surface area contributed by atoms with Gasteiger partial charge in [0.2, 0.25) is 5.91 Å². The number of anilines is 1. The zero-order valence-electron chi connectivity index (χ0n) is 12.9. The van der Waals surface area contributed by atoms with Gasteiger partial charge < -0.3 is 24.3 Å². The van der Waals surface area contributed by atoms with Gasteiger partial charge in [0.25, 0.3) is 0 Å². The molecule has 0 aliphatic rings. The van der Waals surface area contributed by atoms with Gasteiger partial charge in [0, 0.05) is 16.8 Å². The number of benzene rings is 2. The lowest BCUT2D eigenvalue weighted by Gasteiger charge is -2.10. The number of fused-ring (bicyclic) bond motifs is 3. The van der Waals surface area contributed by atoms with E-state index in [2.05, 4.69) is 5.32 Å². The van der Waals surface area contributed by atoms with Gasteiger partial charge >= 0.3 is 5.97 Å².